The first-order valence-corrected chi connectivity index (χ1v) is 7.97. The Morgan fingerprint density at radius 3 is 2.87 bits per heavy atom. The SMILES string of the molecule is CCOC(=O)[C@@H]1C(=O)Oc2ccccc2[C@H]1/C=N/N1CCCC1. The van der Waals surface area contributed by atoms with Gasteiger partial charge in [-0.25, -0.2) is 0 Å². The highest BCUT2D eigenvalue weighted by atomic mass is 16.6. The minimum atomic E-state index is -1.00. The highest BCUT2D eigenvalue weighted by molar-refractivity contribution is 6.02. The zero-order valence-electron chi connectivity index (χ0n) is 13.1. The summed E-state index contributed by atoms with van der Waals surface area (Å²) in [5.74, 6) is -2.14. The number of carbonyl (C=O) groups excluding carboxylic acids is 2. The fraction of sp³-hybridized carbons (Fsp3) is 0.471. The van der Waals surface area contributed by atoms with Crippen LogP contribution in [0.2, 0.25) is 0 Å². The van der Waals surface area contributed by atoms with Gasteiger partial charge in [-0.3, -0.25) is 14.6 Å². The second-order valence-electron chi connectivity index (χ2n) is 5.64. The Balaban J connectivity index is 1.93. The fourth-order valence-electron chi connectivity index (χ4n) is 2.97. The summed E-state index contributed by atoms with van der Waals surface area (Å²) >= 11 is 0. The van der Waals surface area contributed by atoms with Crippen LogP contribution in [0, 0.1) is 5.92 Å². The van der Waals surface area contributed by atoms with Gasteiger partial charge in [0, 0.05) is 30.8 Å². The van der Waals surface area contributed by atoms with Crippen molar-refractivity contribution in [1.82, 2.24) is 5.01 Å². The first-order chi connectivity index (χ1) is 11.2. The Kier molecular flexibility index (Phi) is 4.60. The third kappa shape index (κ3) is 3.21. The topological polar surface area (TPSA) is 68.2 Å². The van der Waals surface area contributed by atoms with Gasteiger partial charge in [-0.1, -0.05) is 18.2 Å². The maximum atomic E-state index is 12.3. The van der Waals surface area contributed by atoms with Gasteiger partial charge in [0.2, 0.25) is 0 Å². The molecule has 0 N–H and O–H groups in total. The molecule has 1 saturated heterocycles. The summed E-state index contributed by atoms with van der Waals surface area (Å²) in [6.07, 6.45) is 3.91. The molecule has 2 aliphatic heterocycles. The molecule has 23 heavy (non-hydrogen) atoms. The number of nitrogens with zero attached hydrogens (tertiary/aromatic N) is 2. The molecule has 1 aromatic carbocycles. The first-order valence-electron chi connectivity index (χ1n) is 7.97. The van der Waals surface area contributed by atoms with E-state index in [-0.39, 0.29) is 6.61 Å². The van der Waals surface area contributed by atoms with Gasteiger partial charge in [-0.05, 0) is 25.8 Å². The number of hydrogen-bond acceptors (Lipinski definition) is 6. The molecular formula is C17H20N2O4. The molecule has 0 unspecified atom stereocenters. The molecule has 0 saturated carbocycles. The number of hydrazone groups is 1. The average molecular weight is 316 g/mol. The Labute approximate surface area is 135 Å². The van der Waals surface area contributed by atoms with Crippen LogP contribution in [-0.4, -0.2) is 42.9 Å². The van der Waals surface area contributed by atoms with E-state index in [0.29, 0.717) is 5.75 Å². The van der Waals surface area contributed by atoms with Gasteiger partial charge in [-0.2, -0.15) is 5.10 Å². The molecule has 1 aromatic rings. The maximum Gasteiger partial charge on any atom is 0.326 e. The number of benzene rings is 1. The summed E-state index contributed by atoms with van der Waals surface area (Å²) in [6.45, 7) is 3.74. The van der Waals surface area contributed by atoms with Crippen LogP contribution >= 0.6 is 0 Å². The van der Waals surface area contributed by atoms with Crippen molar-refractivity contribution < 1.29 is 19.1 Å². The molecule has 2 aliphatic rings. The number of hydrogen-bond donors (Lipinski definition) is 0. The van der Waals surface area contributed by atoms with Crippen molar-refractivity contribution in [3.05, 3.63) is 29.8 Å². The fourth-order valence-corrected chi connectivity index (χ4v) is 2.97. The van der Waals surface area contributed by atoms with Gasteiger partial charge in [0.05, 0.1) is 6.61 Å². The minimum Gasteiger partial charge on any atom is -0.465 e. The van der Waals surface area contributed by atoms with Gasteiger partial charge in [0.25, 0.3) is 0 Å². The van der Waals surface area contributed by atoms with E-state index in [1.807, 2.05) is 17.1 Å². The summed E-state index contributed by atoms with van der Waals surface area (Å²) in [4.78, 5) is 24.5. The van der Waals surface area contributed by atoms with Crippen LogP contribution in [0.25, 0.3) is 0 Å². The number of fused-ring (bicyclic) bond motifs is 1. The summed E-state index contributed by atoms with van der Waals surface area (Å²) in [7, 11) is 0. The zero-order chi connectivity index (χ0) is 16.2. The predicted molar refractivity (Wildman–Crippen MR) is 84.2 cm³/mol. The van der Waals surface area contributed by atoms with Crippen LogP contribution in [-0.2, 0) is 14.3 Å². The molecule has 6 nitrogen and oxygen atoms in total. The van der Waals surface area contributed by atoms with Crippen LogP contribution in [0.4, 0.5) is 0 Å². The molecule has 2 atom stereocenters. The number of ether oxygens (including phenoxy) is 2. The van der Waals surface area contributed by atoms with Crippen molar-refractivity contribution in [3.8, 4) is 5.75 Å². The molecule has 3 rings (SSSR count). The van der Waals surface area contributed by atoms with Gasteiger partial charge in [0.1, 0.15) is 5.75 Å². The lowest BCUT2D eigenvalue weighted by Gasteiger charge is -2.28. The molecule has 2 heterocycles. The van der Waals surface area contributed by atoms with E-state index >= 15 is 0 Å². The lowest BCUT2D eigenvalue weighted by Crippen LogP contribution is -2.39. The van der Waals surface area contributed by atoms with Crippen LogP contribution < -0.4 is 4.74 Å². The lowest BCUT2D eigenvalue weighted by atomic mass is 9.84. The highest BCUT2D eigenvalue weighted by Crippen LogP contribution is 2.37. The first kappa shape index (κ1) is 15.5. The van der Waals surface area contributed by atoms with Crippen molar-refractivity contribution in [1.29, 1.82) is 0 Å². The van der Waals surface area contributed by atoms with Crippen LogP contribution in [0.15, 0.2) is 29.4 Å². The van der Waals surface area contributed by atoms with Crippen LogP contribution in [0.3, 0.4) is 0 Å². The summed E-state index contributed by atoms with van der Waals surface area (Å²) < 4.78 is 10.4. The van der Waals surface area contributed by atoms with Crippen molar-refractivity contribution in [3.63, 3.8) is 0 Å². The van der Waals surface area contributed by atoms with Crippen molar-refractivity contribution >= 4 is 18.2 Å². The summed E-state index contributed by atoms with van der Waals surface area (Å²) in [6, 6.07) is 7.24. The Bertz CT molecular complexity index is 623. The maximum absolute atomic E-state index is 12.3. The van der Waals surface area contributed by atoms with E-state index in [1.54, 1.807) is 25.3 Å². The van der Waals surface area contributed by atoms with E-state index < -0.39 is 23.8 Å². The summed E-state index contributed by atoms with van der Waals surface area (Å²) in [5.41, 5.74) is 0.785. The van der Waals surface area contributed by atoms with E-state index in [1.165, 1.54) is 0 Å². The quantitative estimate of drug-likeness (QED) is 0.367. The van der Waals surface area contributed by atoms with Crippen molar-refractivity contribution in [2.45, 2.75) is 25.7 Å². The van der Waals surface area contributed by atoms with Crippen LogP contribution in [0.5, 0.6) is 5.75 Å². The zero-order valence-corrected chi connectivity index (χ0v) is 13.1. The molecule has 0 radical (unpaired) electrons. The van der Waals surface area contributed by atoms with Crippen molar-refractivity contribution in [2.24, 2.45) is 11.0 Å². The monoisotopic (exact) mass is 316 g/mol. The van der Waals surface area contributed by atoms with Gasteiger partial charge in [-0.15, -0.1) is 0 Å². The third-order valence-electron chi connectivity index (χ3n) is 4.12. The molecule has 6 heteroatoms. The number of carbonyl (C=O) groups is 2. The van der Waals surface area contributed by atoms with Gasteiger partial charge < -0.3 is 9.47 Å². The molecule has 1 fully saturated rings. The summed E-state index contributed by atoms with van der Waals surface area (Å²) in [5, 5.41) is 6.43. The number of rotatable bonds is 4. The second-order valence-corrected chi connectivity index (χ2v) is 5.64. The molecule has 0 amide bonds. The smallest absolute Gasteiger partial charge is 0.326 e. The molecule has 0 bridgehead atoms. The molecular weight excluding hydrogens is 296 g/mol. The lowest BCUT2D eigenvalue weighted by molar-refractivity contribution is -0.158. The Hall–Kier alpha value is -2.37. The van der Waals surface area contributed by atoms with E-state index in [4.69, 9.17) is 9.47 Å². The van der Waals surface area contributed by atoms with Crippen LogP contribution in [0.1, 0.15) is 31.2 Å². The minimum absolute atomic E-state index is 0.222. The van der Waals surface area contributed by atoms with Gasteiger partial charge in [0.15, 0.2) is 5.92 Å². The second kappa shape index (κ2) is 6.81. The highest BCUT2D eigenvalue weighted by Gasteiger charge is 2.43. The number of para-hydroxylation sites is 1. The Morgan fingerprint density at radius 1 is 1.39 bits per heavy atom. The molecule has 0 aliphatic carbocycles. The standard InChI is InChI=1S/C17H20N2O4/c1-2-22-16(20)15-13(11-18-19-9-5-6-10-19)12-7-3-4-8-14(12)23-17(15)21/h3-4,7-8,11,13,15H,2,5-6,9-10H2,1H3/b18-11+/t13-,15-/m1/s1. The number of esters is 2. The largest absolute Gasteiger partial charge is 0.465 e. The van der Waals surface area contributed by atoms with E-state index in [2.05, 4.69) is 5.10 Å². The predicted octanol–water partition coefficient (Wildman–Crippen LogP) is 1.95. The van der Waals surface area contributed by atoms with Crippen molar-refractivity contribution in [2.75, 3.05) is 19.7 Å². The molecule has 0 aromatic heterocycles. The molecule has 122 valence electrons. The third-order valence-corrected chi connectivity index (χ3v) is 4.12. The average Bonchev–Trinajstić information content (AvgIpc) is 3.05. The normalized spacial score (nSPS) is 23.7. The Morgan fingerprint density at radius 2 is 2.13 bits per heavy atom. The van der Waals surface area contributed by atoms with E-state index in [9.17, 15) is 9.59 Å². The molecule has 0 spiro atoms. The van der Waals surface area contributed by atoms with Gasteiger partial charge >= 0.3 is 11.9 Å². The van der Waals surface area contributed by atoms with E-state index in [0.717, 1.165) is 31.5 Å².